The molecule has 1 N–H and O–H groups in total. The highest BCUT2D eigenvalue weighted by Crippen LogP contribution is 2.27. The van der Waals surface area contributed by atoms with Crippen LogP contribution in [0.25, 0.3) is 0 Å². The Morgan fingerprint density at radius 2 is 2.14 bits per heavy atom. The summed E-state index contributed by atoms with van der Waals surface area (Å²) in [6.45, 7) is 1.89. The predicted octanol–water partition coefficient (Wildman–Crippen LogP) is 1.46. The average molecular weight is 196 g/mol. The van der Waals surface area contributed by atoms with Gasteiger partial charge in [0, 0.05) is 32.2 Å². The van der Waals surface area contributed by atoms with Crippen molar-refractivity contribution in [3.63, 3.8) is 0 Å². The Bertz CT molecular complexity index is 321. The van der Waals surface area contributed by atoms with Crippen molar-refractivity contribution >= 4 is 5.69 Å². The van der Waals surface area contributed by atoms with Crippen molar-refractivity contribution in [3.8, 4) is 0 Å². The Morgan fingerprint density at radius 1 is 1.43 bits per heavy atom. The zero-order valence-corrected chi connectivity index (χ0v) is 8.33. The van der Waals surface area contributed by atoms with Gasteiger partial charge in [0.1, 0.15) is 13.1 Å². The lowest BCUT2D eigenvalue weighted by atomic mass is 10.3. The zero-order chi connectivity index (χ0) is 10.0. The minimum absolute atomic E-state index is 0.358. The Hall–Kier alpha value is -1.00. The van der Waals surface area contributed by atoms with Crippen LogP contribution in [0.1, 0.15) is 12.8 Å². The molecule has 0 bridgehead atoms. The molecular weight excluding hydrogens is 181 g/mol. The molecule has 0 atom stereocenters. The van der Waals surface area contributed by atoms with Crippen molar-refractivity contribution in [1.82, 2.24) is 15.0 Å². The van der Waals surface area contributed by atoms with Gasteiger partial charge < -0.3 is 0 Å². The molecule has 0 aromatic carbocycles. The molecule has 1 fully saturated rings. The normalized spacial score (nSPS) is 19.9. The second-order valence-electron chi connectivity index (χ2n) is 3.66. The van der Waals surface area contributed by atoms with Gasteiger partial charge in [-0.1, -0.05) is 0 Å². The van der Waals surface area contributed by atoms with Crippen LogP contribution in [0, 0.1) is 5.95 Å². The maximum absolute atomic E-state index is 13.5. The minimum Gasteiger partial charge on any atom is -0.223 e. The van der Waals surface area contributed by atoms with E-state index in [9.17, 15) is 4.39 Å². The third-order valence-electron chi connectivity index (χ3n) is 2.96. The standard InChI is InChI=1S/C10H15FN3/c1-12-14(7-2-3-8-14)9-5-4-6-13-10(9)11/h4-6,12H,2-3,7-8H2,1H3/q+1. The summed E-state index contributed by atoms with van der Waals surface area (Å²) in [5.74, 6) is -0.358. The lowest BCUT2D eigenvalue weighted by Gasteiger charge is -2.31. The monoisotopic (exact) mass is 196 g/mol. The Morgan fingerprint density at radius 3 is 2.71 bits per heavy atom. The van der Waals surface area contributed by atoms with E-state index < -0.39 is 0 Å². The fourth-order valence-electron chi connectivity index (χ4n) is 2.16. The zero-order valence-electron chi connectivity index (χ0n) is 8.33. The number of hydrogen-bond acceptors (Lipinski definition) is 2. The first kappa shape index (κ1) is 9.55. The van der Waals surface area contributed by atoms with Gasteiger partial charge in [-0.3, -0.25) is 0 Å². The molecular formula is C10H15FN3+. The summed E-state index contributed by atoms with van der Waals surface area (Å²) in [7, 11) is 1.87. The van der Waals surface area contributed by atoms with E-state index in [1.165, 1.54) is 6.20 Å². The fraction of sp³-hybridized carbons (Fsp3) is 0.500. The molecule has 1 aromatic heterocycles. The molecule has 0 unspecified atom stereocenters. The smallest absolute Gasteiger partial charge is 0.223 e. The highest BCUT2D eigenvalue weighted by atomic mass is 19.1. The summed E-state index contributed by atoms with van der Waals surface area (Å²) >= 11 is 0. The van der Waals surface area contributed by atoms with Crippen molar-refractivity contribution in [2.45, 2.75) is 12.8 Å². The van der Waals surface area contributed by atoms with Crippen LogP contribution in [0.15, 0.2) is 18.3 Å². The average Bonchev–Trinajstić information content (AvgIpc) is 2.68. The van der Waals surface area contributed by atoms with Crippen LogP contribution in [0.5, 0.6) is 0 Å². The molecule has 2 heterocycles. The third-order valence-corrected chi connectivity index (χ3v) is 2.96. The van der Waals surface area contributed by atoms with Gasteiger partial charge in [-0.05, 0) is 6.07 Å². The summed E-state index contributed by atoms with van der Waals surface area (Å²) in [5, 5.41) is 0. The van der Waals surface area contributed by atoms with E-state index >= 15 is 0 Å². The summed E-state index contributed by atoms with van der Waals surface area (Å²) in [4.78, 5) is 3.69. The number of halogens is 1. The van der Waals surface area contributed by atoms with Crippen LogP contribution in [0.2, 0.25) is 0 Å². The number of nitrogens with one attached hydrogen (secondary N) is 1. The van der Waals surface area contributed by atoms with Gasteiger partial charge >= 0.3 is 0 Å². The molecule has 76 valence electrons. The molecule has 0 radical (unpaired) electrons. The van der Waals surface area contributed by atoms with Crippen LogP contribution >= 0.6 is 0 Å². The Balaban J connectivity index is 2.41. The van der Waals surface area contributed by atoms with E-state index in [1.54, 1.807) is 6.07 Å². The third kappa shape index (κ3) is 1.40. The van der Waals surface area contributed by atoms with Gasteiger partial charge in [-0.15, -0.1) is 0 Å². The Labute approximate surface area is 83.1 Å². The van der Waals surface area contributed by atoms with Crippen molar-refractivity contribution in [1.29, 1.82) is 0 Å². The van der Waals surface area contributed by atoms with Crippen molar-refractivity contribution in [2.24, 2.45) is 0 Å². The van der Waals surface area contributed by atoms with E-state index in [4.69, 9.17) is 0 Å². The number of aromatic nitrogens is 1. The van der Waals surface area contributed by atoms with Crippen LogP contribution in [-0.4, -0.2) is 25.1 Å². The van der Waals surface area contributed by atoms with Gasteiger partial charge in [0.15, 0.2) is 0 Å². The highest BCUT2D eigenvalue weighted by Gasteiger charge is 2.36. The second-order valence-corrected chi connectivity index (χ2v) is 3.66. The van der Waals surface area contributed by atoms with E-state index in [-0.39, 0.29) is 5.95 Å². The van der Waals surface area contributed by atoms with Crippen LogP contribution in [0.3, 0.4) is 0 Å². The summed E-state index contributed by atoms with van der Waals surface area (Å²) in [6.07, 6.45) is 3.76. The lowest BCUT2D eigenvalue weighted by Crippen LogP contribution is -2.56. The number of rotatable bonds is 2. The maximum Gasteiger partial charge on any atom is 0.276 e. The van der Waals surface area contributed by atoms with E-state index in [1.807, 2.05) is 13.1 Å². The minimum atomic E-state index is -0.358. The highest BCUT2D eigenvalue weighted by molar-refractivity contribution is 5.40. The first-order valence-electron chi connectivity index (χ1n) is 4.96. The molecule has 1 aliphatic heterocycles. The van der Waals surface area contributed by atoms with Crippen molar-refractivity contribution < 1.29 is 4.39 Å². The molecule has 1 aliphatic rings. The SMILES string of the molecule is CN[N+]1(c2cccnc2F)CCCC1. The predicted molar refractivity (Wildman–Crippen MR) is 54.0 cm³/mol. The van der Waals surface area contributed by atoms with Gasteiger partial charge in [-0.25, -0.2) is 9.58 Å². The molecule has 0 saturated carbocycles. The van der Waals surface area contributed by atoms with Crippen LogP contribution in [-0.2, 0) is 0 Å². The molecule has 3 nitrogen and oxygen atoms in total. The molecule has 0 spiro atoms. The molecule has 2 rings (SSSR count). The first-order valence-corrected chi connectivity index (χ1v) is 4.96. The van der Waals surface area contributed by atoms with Crippen molar-refractivity contribution in [2.75, 3.05) is 20.1 Å². The van der Waals surface area contributed by atoms with Crippen molar-refractivity contribution in [3.05, 3.63) is 24.3 Å². The molecule has 4 heteroatoms. The van der Waals surface area contributed by atoms with Crippen LogP contribution in [0.4, 0.5) is 10.1 Å². The first-order chi connectivity index (χ1) is 6.78. The van der Waals surface area contributed by atoms with Gasteiger partial charge in [-0.2, -0.15) is 9.82 Å². The maximum atomic E-state index is 13.5. The summed E-state index contributed by atoms with van der Waals surface area (Å²) in [6, 6.07) is 3.60. The molecule has 1 aromatic rings. The number of hydrogen-bond donors (Lipinski definition) is 1. The second kappa shape index (κ2) is 3.63. The van der Waals surface area contributed by atoms with Gasteiger partial charge in [0.2, 0.25) is 5.69 Å². The lowest BCUT2D eigenvalue weighted by molar-refractivity contribution is 0.249. The Kier molecular flexibility index (Phi) is 2.48. The number of pyridine rings is 1. The number of quaternary nitrogens is 1. The topological polar surface area (TPSA) is 24.9 Å². The summed E-state index contributed by atoms with van der Waals surface area (Å²) in [5.41, 5.74) is 3.85. The largest absolute Gasteiger partial charge is 0.276 e. The molecule has 14 heavy (non-hydrogen) atoms. The molecule has 0 amide bonds. The quantitative estimate of drug-likeness (QED) is 0.572. The van der Waals surface area contributed by atoms with E-state index in [2.05, 4.69) is 10.4 Å². The van der Waals surface area contributed by atoms with E-state index in [0.29, 0.717) is 10.3 Å². The van der Waals surface area contributed by atoms with E-state index in [0.717, 1.165) is 25.9 Å². The summed E-state index contributed by atoms with van der Waals surface area (Å²) < 4.78 is 14.0. The number of nitrogens with zero attached hydrogens (tertiary/aromatic N) is 2. The van der Waals surface area contributed by atoms with Crippen LogP contribution < -0.4 is 10.0 Å². The molecule has 0 aliphatic carbocycles. The molecule has 1 saturated heterocycles. The van der Waals surface area contributed by atoms with Gasteiger partial charge in [0.25, 0.3) is 5.95 Å². The van der Waals surface area contributed by atoms with Gasteiger partial charge in [0.05, 0.1) is 0 Å². The fourth-order valence-corrected chi connectivity index (χ4v) is 2.16.